The molecule has 0 unspecified atom stereocenters. The smallest absolute Gasteiger partial charge is 0.241 e. The van der Waals surface area contributed by atoms with Gasteiger partial charge in [-0.2, -0.15) is 5.10 Å². The Hall–Kier alpha value is -4.66. The molecule has 5 rings (SSSR count). The second-order valence-corrected chi connectivity index (χ2v) is 7.40. The first-order chi connectivity index (χ1) is 16.0. The molecule has 0 aliphatic heterocycles. The average molecular weight is 439 g/mol. The second-order valence-electron chi connectivity index (χ2n) is 7.40. The highest BCUT2D eigenvalue weighted by atomic mass is 19.1. The van der Waals surface area contributed by atoms with Crippen molar-refractivity contribution in [1.29, 1.82) is 0 Å². The normalized spacial score (nSPS) is 11.5. The van der Waals surface area contributed by atoms with Gasteiger partial charge in [-0.05, 0) is 30.3 Å². The first kappa shape index (κ1) is 20.3. The molecule has 3 aromatic heterocycles. The number of hydrogen-bond acceptors (Lipinski definition) is 6. The zero-order chi connectivity index (χ0) is 22.9. The summed E-state index contributed by atoms with van der Waals surface area (Å²) < 4.78 is 16.4. The van der Waals surface area contributed by atoms with E-state index >= 15 is 0 Å². The fourth-order valence-electron chi connectivity index (χ4n) is 3.77. The number of nitrogens with zero attached hydrogens (tertiary/aromatic N) is 5. The van der Waals surface area contributed by atoms with Crippen molar-refractivity contribution >= 4 is 39.7 Å². The Morgan fingerprint density at radius 1 is 1.09 bits per heavy atom. The maximum absolute atomic E-state index is 14.7. The summed E-state index contributed by atoms with van der Waals surface area (Å²) in [7, 11) is 0. The molecule has 33 heavy (non-hydrogen) atoms. The Morgan fingerprint density at radius 3 is 2.70 bits per heavy atom. The lowest BCUT2D eigenvalue weighted by Gasteiger charge is -2.12. The number of nitrogens with two attached hydrogens (primary N) is 2. The van der Waals surface area contributed by atoms with Crippen LogP contribution in [0.3, 0.4) is 0 Å². The zero-order valence-electron chi connectivity index (χ0n) is 17.3. The summed E-state index contributed by atoms with van der Waals surface area (Å²) in [6.07, 6.45) is 4.01. The molecule has 9 heteroatoms. The number of carbonyl (C=O) groups is 1. The van der Waals surface area contributed by atoms with Gasteiger partial charge in [0.15, 0.2) is 5.65 Å². The van der Waals surface area contributed by atoms with Gasteiger partial charge in [0.1, 0.15) is 18.0 Å². The van der Waals surface area contributed by atoms with Crippen LogP contribution in [-0.4, -0.2) is 30.6 Å². The quantitative estimate of drug-likeness (QED) is 0.405. The lowest BCUT2D eigenvalue weighted by atomic mass is 10.0. The topological polar surface area (TPSA) is 126 Å². The summed E-state index contributed by atoms with van der Waals surface area (Å²) >= 11 is 0. The molecule has 0 atom stereocenters. The molecule has 5 aromatic rings. The third kappa shape index (κ3) is 3.76. The molecular formula is C24H18FN7O. The monoisotopic (exact) mass is 439 g/mol. The number of nitrogen functional groups attached to an aromatic ring is 1. The molecule has 8 nitrogen and oxygen atoms in total. The minimum atomic E-state index is -0.617. The third-order valence-electron chi connectivity index (χ3n) is 5.24. The Morgan fingerprint density at radius 2 is 1.88 bits per heavy atom. The van der Waals surface area contributed by atoms with Crippen LogP contribution < -0.4 is 11.5 Å². The number of carbonyl (C=O) groups excluding carboxylic acids is 1. The van der Waals surface area contributed by atoms with E-state index in [1.807, 2.05) is 30.3 Å². The summed E-state index contributed by atoms with van der Waals surface area (Å²) in [6, 6.07) is 16.1. The van der Waals surface area contributed by atoms with E-state index in [-0.39, 0.29) is 18.2 Å². The van der Waals surface area contributed by atoms with Crippen LogP contribution >= 0.6 is 0 Å². The predicted octanol–water partition coefficient (Wildman–Crippen LogP) is 3.31. The molecule has 0 bridgehead atoms. The molecule has 0 radical (unpaired) electrons. The molecule has 162 valence electrons. The Balaban J connectivity index is 1.71. The van der Waals surface area contributed by atoms with Gasteiger partial charge in [0.05, 0.1) is 28.8 Å². The van der Waals surface area contributed by atoms with E-state index < -0.39 is 5.91 Å². The third-order valence-corrected chi connectivity index (χ3v) is 5.24. The van der Waals surface area contributed by atoms with Gasteiger partial charge in [0.25, 0.3) is 0 Å². The number of anilines is 1. The number of fused-ring (bicyclic) bond motifs is 2. The van der Waals surface area contributed by atoms with Crippen molar-refractivity contribution < 1.29 is 9.18 Å². The summed E-state index contributed by atoms with van der Waals surface area (Å²) in [4.78, 5) is 24.4. The van der Waals surface area contributed by atoms with Crippen molar-refractivity contribution in [3.8, 4) is 11.3 Å². The fraction of sp³-hybridized carbons (Fsp3) is 0.0417. The Labute approximate surface area is 187 Å². The van der Waals surface area contributed by atoms with E-state index in [9.17, 15) is 9.18 Å². The van der Waals surface area contributed by atoms with E-state index in [1.165, 1.54) is 24.5 Å². The van der Waals surface area contributed by atoms with Crippen LogP contribution in [0.15, 0.2) is 67.0 Å². The molecule has 1 amide bonds. The van der Waals surface area contributed by atoms with Gasteiger partial charge in [-0.1, -0.05) is 30.3 Å². The SMILES string of the molecule is NC(=O)C=Cc1nn(Cc2cc3ccccc3nc2-c2ccccc2F)c2ncnc(N)c12. The highest BCUT2D eigenvalue weighted by Gasteiger charge is 2.18. The number of para-hydroxylation sites is 1. The number of amides is 1. The molecule has 0 saturated carbocycles. The van der Waals surface area contributed by atoms with Crippen molar-refractivity contribution in [2.45, 2.75) is 6.54 Å². The van der Waals surface area contributed by atoms with Crippen LogP contribution in [0.1, 0.15) is 11.3 Å². The van der Waals surface area contributed by atoms with Crippen LogP contribution in [0.2, 0.25) is 0 Å². The average Bonchev–Trinajstić information content (AvgIpc) is 3.16. The van der Waals surface area contributed by atoms with Crippen LogP contribution in [0.5, 0.6) is 0 Å². The summed E-state index contributed by atoms with van der Waals surface area (Å²) in [5.74, 6) is -0.765. The number of benzene rings is 2. The van der Waals surface area contributed by atoms with Gasteiger partial charge in [0, 0.05) is 22.6 Å². The summed E-state index contributed by atoms with van der Waals surface area (Å²) in [5.41, 5.74) is 14.6. The molecular weight excluding hydrogens is 421 g/mol. The van der Waals surface area contributed by atoms with E-state index in [1.54, 1.807) is 22.9 Å². The number of hydrogen-bond donors (Lipinski definition) is 2. The van der Waals surface area contributed by atoms with E-state index in [2.05, 4.69) is 15.1 Å². The van der Waals surface area contributed by atoms with E-state index in [4.69, 9.17) is 16.5 Å². The second kappa shape index (κ2) is 8.12. The zero-order valence-corrected chi connectivity index (χ0v) is 17.3. The van der Waals surface area contributed by atoms with E-state index in [0.29, 0.717) is 28.0 Å². The van der Waals surface area contributed by atoms with Crippen LogP contribution in [0, 0.1) is 5.82 Å². The van der Waals surface area contributed by atoms with Crippen LogP contribution in [-0.2, 0) is 11.3 Å². The van der Waals surface area contributed by atoms with Crippen LogP contribution in [0.25, 0.3) is 39.3 Å². The van der Waals surface area contributed by atoms with Gasteiger partial charge < -0.3 is 11.5 Å². The van der Waals surface area contributed by atoms with Crippen molar-refractivity contribution in [2.24, 2.45) is 5.73 Å². The predicted molar refractivity (Wildman–Crippen MR) is 124 cm³/mol. The molecule has 4 N–H and O–H groups in total. The fourth-order valence-corrected chi connectivity index (χ4v) is 3.77. The molecule has 3 heterocycles. The van der Waals surface area contributed by atoms with Crippen molar-refractivity contribution in [2.75, 3.05) is 5.73 Å². The Bertz CT molecular complexity index is 1560. The van der Waals surface area contributed by atoms with Gasteiger partial charge >= 0.3 is 0 Å². The lowest BCUT2D eigenvalue weighted by molar-refractivity contribution is -0.113. The van der Waals surface area contributed by atoms with Crippen LogP contribution in [0.4, 0.5) is 10.2 Å². The van der Waals surface area contributed by atoms with Crippen molar-refractivity contribution in [1.82, 2.24) is 24.7 Å². The van der Waals surface area contributed by atoms with Gasteiger partial charge in [-0.15, -0.1) is 0 Å². The molecule has 0 spiro atoms. The standard InChI is InChI=1S/C24H18FN7O/c25-17-7-3-2-6-16(17)22-15(11-14-5-1-4-8-18(14)30-22)12-32-24-21(23(27)28-13-29-24)19(31-32)9-10-20(26)33/h1-11,13H,12H2,(H2,26,33)(H2,27,28,29). The lowest BCUT2D eigenvalue weighted by Crippen LogP contribution is -2.07. The maximum Gasteiger partial charge on any atom is 0.241 e. The summed E-state index contributed by atoms with van der Waals surface area (Å²) in [6.45, 7) is 0.235. The van der Waals surface area contributed by atoms with Crippen molar-refractivity contribution in [3.05, 3.63) is 84.1 Å². The molecule has 0 aliphatic carbocycles. The maximum atomic E-state index is 14.7. The molecule has 0 aliphatic rings. The summed E-state index contributed by atoms with van der Waals surface area (Å²) in [5, 5.41) is 5.98. The number of pyridine rings is 1. The van der Waals surface area contributed by atoms with Gasteiger partial charge in [-0.3, -0.25) is 4.79 Å². The molecule has 0 fully saturated rings. The first-order valence-electron chi connectivity index (χ1n) is 10.1. The molecule has 2 aromatic carbocycles. The minimum Gasteiger partial charge on any atom is -0.383 e. The number of rotatable bonds is 5. The van der Waals surface area contributed by atoms with Gasteiger partial charge in [0.2, 0.25) is 5.91 Å². The number of primary amides is 1. The largest absolute Gasteiger partial charge is 0.383 e. The Kier molecular flexibility index (Phi) is 4.98. The van der Waals surface area contributed by atoms with E-state index in [0.717, 1.165) is 16.5 Å². The first-order valence-corrected chi connectivity index (χ1v) is 10.1. The number of halogens is 1. The van der Waals surface area contributed by atoms with Gasteiger partial charge in [-0.25, -0.2) is 24.0 Å². The highest BCUT2D eigenvalue weighted by Crippen LogP contribution is 2.30. The van der Waals surface area contributed by atoms with Crippen molar-refractivity contribution in [3.63, 3.8) is 0 Å². The number of aromatic nitrogens is 5. The molecule has 0 saturated heterocycles. The highest BCUT2D eigenvalue weighted by molar-refractivity contribution is 5.97. The minimum absolute atomic E-state index is 0.223.